The Labute approximate surface area is 216 Å². The monoisotopic (exact) mass is 499 g/mol. The number of carboxylic acid groups (broad SMARTS) is 1. The van der Waals surface area contributed by atoms with Crippen LogP contribution in [-0.4, -0.2) is 46.1 Å². The Kier molecular flexibility index (Phi) is 6.42. The first-order chi connectivity index (χ1) is 18.0. The summed E-state index contributed by atoms with van der Waals surface area (Å²) in [6.07, 6.45) is 8.46. The molecule has 0 amide bonds. The van der Waals surface area contributed by atoms with Crippen LogP contribution in [0.25, 0.3) is 22.0 Å². The molecule has 2 saturated carbocycles. The van der Waals surface area contributed by atoms with E-state index in [4.69, 9.17) is 9.72 Å². The van der Waals surface area contributed by atoms with Crippen molar-refractivity contribution in [1.82, 2.24) is 15.2 Å². The fraction of sp³-hybridized carbons (Fsp3) is 0.433. The van der Waals surface area contributed by atoms with Gasteiger partial charge in [-0.1, -0.05) is 37.5 Å². The van der Waals surface area contributed by atoms with Crippen molar-refractivity contribution in [3.8, 4) is 11.1 Å². The summed E-state index contributed by atoms with van der Waals surface area (Å²) in [5, 5.41) is 14.4. The highest BCUT2D eigenvalue weighted by molar-refractivity contribution is 6.09. The lowest BCUT2D eigenvalue weighted by Crippen LogP contribution is -2.33. The molecular formula is C30H33N3O4. The first-order valence-electron chi connectivity index (χ1n) is 13.4. The van der Waals surface area contributed by atoms with Gasteiger partial charge in [-0.3, -0.25) is 4.90 Å². The lowest BCUT2D eigenvalue weighted by Gasteiger charge is -2.31. The summed E-state index contributed by atoms with van der Waals surface area (Å²) in [6.45, 7) is 1.49. The highest BCUT2D eigenvalue weighted by atomic mass is 16.5. The first-order valence-corrected chi connectivity index (χ1v) is 13.4. The summed E-state index contributed by atoms with van der Waals surface area (Å²) >= 11 is 0. The number of nitrogens with zero attached hydrogens (tertiary/aromatic N) is 2. The van der Waals surface area contributed by atoms with Gasteiger partial charge in [0.25, 0.3) is 0 Å². The van der Waals surface area contributed by atoms with Crippen LogP contribution >= 0.6 is 0 Å². The Morgan fingerprint density at radius 2 is 1.89 bits per heavy atom. The van der Waals surface area contributed by atoms with E-state index in [1.54, 1.807) is 6.07 Å². The van der Waals surface area contributed by atoms with E-state index in [0.29, 0.717) is 35.4 Å². The summed E-state index contributed by atoms with van der Waals surface area (Å²) in [5.74, 6) is -1.31. The quantitative estimate of drug-likeness (QED) is 0.407. The van der Waals surface area contributed by atoms with E-state index in [9.17, 15) is 14.7 Å². The van der Waals surface area contributed by atoms with Gasteiger partial charge in [-0.25, -0.2) is 14.6 Å². The lowest BCUT2D eigenvalue weighted by molar-refractivity contribution is 0.0533. The highest BCUT2D eigenvalue weighted by Gasteiger charge is 2.30. The minimum Gasteiger partial charge on any atom is -0.478 e. The van der Waals surface area contributed by atoms with Crippen molar-refractivity contribution in [2.24, 2.45) is 0 Å². The minimum atomic E-state index is -0.935. The van der Waals surface area contributed by atoms with Gasteiger partial charge in [0.2, 0.25) is 0 Å². The first kappa shape index (κ1) is 24.1. The maximum absolute atomic E-state index is 12.8. The highest BCUT2D eigenvalue weighted by Crippen LogP contribution is 2.38. The maximum Gasteiger partial charge on any atom is 0.341 e. The van der Waals surface area contributed by atoms with Crippen LogP contribution in [-0.2, 0) is 24.4 Å². The van der Waals surface area contributed by atoms with E-state index in [2.05, 4.69) is 29.4 Å². The number of aromatic nitrogens is 1. The second-order valence-electron chi connectivity index (χ2n) is 10.8. The van der Waals surface area contributed by atoms with Crippen LogP contribution in [0.3, 0.4) is 0 Å². The molecular weight excluding hydrogens is 466 g/mol. The summed E-state index contributed by atoms with van der Waals surface area (Å²) in [7, 11) is 2.09. The van der Waals surface area contributed by atoms with Gasteiger partial charge in [0.15, 0.2) is 0 Å². The fourth-order valence-corrected chi connectivity index (χ4v) is 5.86. The molecule has 7 heteroatoms. The Bertz CT molecular complexity index is 1370. The van der Waals surface area contributed by atoms with Crippen LogP contribution in [0.1, 0.15) is 82.5 Å². The van der Waals surface area contributed by atoms with Crippen molar-refractivity contribution in [3.63, 3.8) is 0 Å². The van der Waals surface area contributed by atoms with E-state index in [0.717, 1.165) is 52.5 Å². The average molecular weight is 500 g/mol. The van der Waals surface area contributed by atoms with Gasteiger partial charge in [0, 0.05) is 36.1 Å². The summed E-state index contributed by atoms with van der Waals surface area (Å²) in [6, 6.07) is 12.7. The largest absolute Gasteiger partial charge is 0.478 e. The van der Waals surface area contributed by atoms with E-state index in [1.807, 2.05) is 18.2 Å². The molecule has 3 aliphatic rings. The van der Waals surface area contributed by atoms with Gasteiger partial charge >= 0.3 is 11.9 Å². The van der Waals surface area contributed by atoms with Crippen LogP contribution in [0.4, 0.5) is 0 Å². The number of hydrogen-bond acceptors (Lipinski definition) is 6. The number of carbonyl (C=O) groups is 2. The van der Waals surface area contributed by atoms with E-state index in [-0.39, 0.29) is 12.6 Å². The molecule has 0 spiro atoms. The number of nitrogens with one attached hydrogen (secondary N) is 1. The smallest absolute Gasteiger partial charge is 0.341 e. The third kappa shape index (κ3) is 4.86. The Morgan fingerprint density at radius 3 is 2.65 bits per heavy atom. The second-order valence-corrected chi connectivity index (χ2v) is 10.8. The number of rotatable bonds is 8. The molecule has 2 heterocycles. The number of carboxylic acids is 1. The summed E-state index contributed by atoms with van der Waals surface area (Å²) in [5.41, 5.74) is 5.77. The van der Waals surface area contributed by atoms with Crippen LogP contribution in [0.15, 0.2) is 36.4 Å². The molecule has 0 atom stereocenters. The summed E-state index contributed by atoms with van der Waals surface area (Å²) in [4.78, 5) is 32.0. The standard InChI is InChI=1S/C30H33N3O4/c1-33(22-5-3-2-4-6-22)16-20-14-19(8-12-23(20)29(34)35)27-24-11-7-18(15-31-21-9-10-21)13-25(24)32-26-17-37-30(36)28(26)27/h7-8,11-14,21-22,31H,2-6,9-10,15-17H2,1H3,(H,34,35). The van der Waals surface area contributed by atoms with E-state index < -0.39 is 5.97 Å². The molecule has 2 aliphatic carbocycles. The molecule has 37 heavy (non-hydrogen) atoms. The Balaban J connectivity index is 1.43. The molecule has 0 bridgehead atoms. The molecule has 1 aliphatic heterocycles. The lowest BCUT2D eigenvalue weighted by atomic mass is 9.91. The number of esters is 1. The number of benzene rings is 2. The zero-order valence-corrected chi connectivity index (χ0v) is 21.3. The molecule has 7 nitrogen and oxygen atoms in total. The molecule has 2 N–H and O–H groups in total. The number of ether oxygens (including phenoxy) is 1. The van der Waals surface area contributed by atoms with Crippen molar-refractivity contribution in [2.45, 2.75) is 76.7 Å². The van der Waals surface area contributed by atoms with Crippen molar-refractivity contribution in [3.05, 3.63) is 64.3 Å². The molecule has 6 rings (SSSR count). The zero-order valence-electron chi connectivity index (χ0n) is 21.3. The fourth-order valence-electron chi connectivity index (χ4n) is 5.86. The topological polar surface area (TPSA) is 91.8 Å². The Morgan fingerprint density at radius 1 is 1.08 bits per heavy atom. The SMILES string of the molecule is CN(Cc1cc(-c2c3c(nc4cc(CNC5CC5)ccc24)COC3=O)ccc1C(=O)O)C1CCCCC1. The zero-order chi connectivity index (χ0) is 25.5. The number of hydrogen-bond donors (Lipinski definition) is 2. The normalized spacial score (nSPS) is 17.8. The summed E-state index contributed by atoms with van der Waals surface area (Å²) < 4.78 is 5.39. The molecule has 2 fully saturated rings. The van der Waals surface area contributed by atoms with E-state index in [1.165, 1.54) is 32.1 Å². The number of cyclic esters (lactones) is 1. The number of carbonyl (C=O) groups excluding carboxylic acids is 1. The Hall–Kier alpha value is -3.29. The molecule has 192 valence electrons. The van der Waals surface area contributed by atoms with Crippen molar-refractivity contribution < 1.29 is 19.4 Å². The van der Waals surface area contributed by atoms with E-state index >= 15 is 0 Å². The number of fused-ring (bicyclic) bond motifs is 2. The molecule has 1 aromatic heterocycles. The molecule has 0 saturated heterocycles. The molecule has 3 aromatic rings. The van der Waals surface area contributed by atoms with Crippen molar-refractivity contribution in [2.75, 3.05) is 7.05 Å². The number of aromatic carboxylic acids is 1. The van der Waals surface area contributed by atoms with Gasteiger partial charge in [0.05, 0.1) is 22.3 Å². The third-order valence-corrected chi connectivity index (χ3v) is 8.08. The second kappa shape index (κ2) is 9.88. The average Bonchev–Trinajstić information content (AvgIpc) is 3.67. The van der Waals surface area contributed by atoms with Crippen molar-refractivity contribution >= 4 is 22.8 Å². The van der Waals surface area contributed by atoms with Crippen LogP contribution < -0.4 is 5.32 Å². The minimum absolute atomic E-state index is 0.159. The van der Waals surface area contributed by atoms with Gasteiger partial charge < -0.3 is 15.2 Å². The van der Waals surface area contributed by atoms with Crippen molar-refractivity contribution in [1.29, 1.82) is 0 Å². The predicted molar refractivity (Wildman–Crippen MR) is 141 cm³/mol. The van der Waals surface area contributed by atoms with Gasteiger partial charge in [-0.15, -0.1) is 0 Å². The molecule has 0 unspecified atom stereocenters. The predicted octanol–water partition coefficient (Wildman–Crippen LogP) is 5.29. The van der Waals surface area contributed by atoms with Gasteiger partial charge in [-0.05, 0) is 67.6 Å². The molecule has 0 radical (unpaired) electrons. The van der Waals surface area contributed by atoms with Crippen LogP contribution in [0.2, 0.25) is 0 Å². The maximum atomic E-state index is 12.8. The van der Waals surface area contributed by atoms with Crippen LogP contribution in [0, 0.1) is 0 Å². The van der Waals surface area contributed by atoms with Crippen LogP contribution in [0.5, 0.6) is 0 Å². The number of pyridine rings is 1. The molecule has 2 aromatic carbocycles. The van der Waals surface area contributed by atoms with Gasteiger partial charge in [0.1, 0.15) is 6.61 Å². The van der Waals surface area contributed by atoms with Gasteiger partial charge in [-0.2, -0.15) is 0 Å². The third-order valence-electron chi connectivity index (χ3n) is 8.08.